The van der Waals surface area contributed by atoms with Gasteiger partial charge in [-0.25, -0.2) is 0 Å². The molecule has 1 N–H and O–H groups in total. The summed E-state index contributed by atoms with van der Waals surface area (Å²) >= 11 is 0. The van der Waals surface area contributed by atoms with E-state index in [0.717, 1.165) is 6.42 Å². The highest BCUT2D eigenvalue weighted by Crippen LogP contribution is 2.24. The third-order valence-corrected chi connectivity index (χ3v) is 2.22. The van der Waals surface area contributed by atoms with E-state index in [2.05, 4.69) is 11.8 Å². The van der Waals surface area contributed by atoms with Crippen LogP contribution in [0, 0.1) is 11.8 Å². The summed E-state index contributed by atoms with van der Waals surface area (Å²) in [7, 11) is 0. The van der Waals surface area contributed by atoms with Gasteiger partial charge in [0.2, 0.25) is 0 Å². The first-order valence-corrected chi connectivity index (χ1v) is 5.10. The Morgan fingerprint density at radius 3 is 2.64 bits per heavy atom. The normalized spacial score (nSPS) is 21.4. The first-order valence-electron chi connectivity index (χ1n) is 5.10. The Kier molecular flexibility index (Phi) is 4.40. The Morgan fingerprint density at radius 1 is 1.43 bits per heavy atom. The molecule has 80 valence electrons. The molecule has 1 rings (SSSR count). The lowest BCUT2D eigenvalue weighted by molar-refractivity contribution is -0.149. The van der Waals surface area contributed by atoms with Crippen LogP contribution < -0.4 is 0 Å². The summed E-state index contributed by atoms with van der Waals surface area (Å²) in [5.41, 5.74) is 0. The van der Waals surface area contributed by atoms with E-state index in [1.165, 1.54) is 0 Å². The molecule has 1 atom stereocenters. The fourth-order valence-corrected chi connectivity index (χ4v) is 1.39. The van der Waals surface area contributed by atoms with Crippen LogP contribution in [-0.2, 0) is 9.47 Å². The van der Waals surface area contributed by atoms with Gasteiger partial charge in [0.1, 0.15) is 6.10 Å². The van der Waals surface area contributed by atoms with Crippen LogP contribution in [0.5, 0.6) is 0 Å². The molecule has 0 aromatic rings. The molecule has 1 aliphatic rings. The van der Waals surface area contributed by atoms with E-state index >= 15 is 0 Å². The van der Waals surface area contributed by atoms with Gasteiger partial charge >= 0.3 is 0 Å². The van der Waals surface area contributed by atoms with Gasteiger partial charge in [0, 0.05) is 12.8 Å². The monoisotopic (exact) mass is 198 g/mol. The van der Waals surface area contributed by atoms with Crippen molar-refractivity contribution in [2.75, 3.05) is 13.2 Å². The molecule has 3 heteroatoms. The molecule has 0 amide bonds. The predicted octanol–water partition coefficient (Wildman–Crippen LogP) is 1.30. The summed E-state index contributed by atoms with van der Waals surface area (Å²) in [6.07, 6.45) is 1.51. The lowest BCUT2D eigenvalue weighted by Gasteiger charge is -2.22. The maximum absolute atomic E-state index is 9.47. The second-order valence-corrected chi connectivity index (χ2v) is 3.56. The highest BCUT2D eigenvalue weighted by molar-refractivity contribution is 5.03. The van der Waals surface area contributed by atoms with Crippen LogP contribution in [0.1, 0.15) is 33.1 Å². The zero-order valence-corrected chi connectivity index (χ0v) is 8.88. The Bertz CT molecular complexity index is 220. The van der Waals surface area contributed by atoms with E-state index in [0.29, 0.717) is 26.1 Å². The van der Waals surface area contributed by atoms with Crippen LogP contribution in [0.2, 0.25) is 0 Å². The SMILES string of the molecule is CCC#CC(O)CCC1(C)OCCO1. The summed E-state index contributed by atoms with van der Waals surface area (Å²) in [5.74, 6) is 5.12. The second kappa shape index (κ2) is 5.35. The molecule has 0 radical (unpaired) electrons. The van der Waals surface area contributed by atoms with E-state index < -0.39 is 11.9 Å². The average Bonchev–Trinajstić information content (AvgIpc) is 2.60. The van der Waals surface area contributed by atoms with Crippen molar-refractivity contribution in [3.05, 3.63) is 0 Å². The highest BCUT2D eigenvalue weighted by atomic mass is 16.7. The van der Waals surface area contributed by atoms with Gasteiger partial charge in [-0.3, -0.25) is 0 Å². The van der Waals surface area contributed by atoms with Crippen LogP contribution in [0.3, 0.4) is 0 Å². The van der Waals surface area contributed by atoms with Crippen LogP contribution >= 0.6 is 0 Å². The van der Waals surface area contributed by atoms with E-state index in [1.807, 2.05) is 13.8 Å². The summed E-state index contributed by atoms with van der Waals surface area (Å²) in [5, 5.41) is 9.47. The molecule has 0 saturated carbocycles. The lowest BCUT2D eigenvalue weighted by atomic mass is 10.1. The number of aliphatic hydroxyl groups excluding tert-OH is 1. The number of rotatable bonds is 3. The number of aliphatic hydroxyl groups is 1. The van der Waals surface area contributed by atoms with E-state index in [9.17, 15) is 5.11 Å². The highest BCUT2D eigenvalue weighted by Gasteiger charge is 2.30. The van der Waals surface area contributed by atoms with Crippen LogP contribution in [0.25, 0.3) is 0 Å². The van der Waals surface area contributed by atoms with Gasteiger partial charge in [0.15, 0.2) is 5.79 Å². The van der Waals surface area contributed by atoms with Crippen LogP contribution in [0.4, 0.5) is 0 Å². The summed E-state index contributed by atoms with van der Waals surface area (Å²) < 4.78 is 10.8. The van der Waals surface area contributed by atoms with Gasteiger partial charge in [0.25, 0.3) is 0 Å². The van der Waals surface area contributed by atoms with Gasteiger partial charge < -0.3 is 14.6 Å². The number of ether oxygens (including phenoxy) is 2. The van der Waals surface area contributed by atoms with E-state index in [-0.39, 0.29) is 0 Å². The smallest absolute Gasteiger partial charge is 0.165 e. The largest absolute Gasteiger partial charge is 0.380 e. The van der Waals surface area contributed by atoms with Gasteiger partial charge in [-0.2, -0.15) is 0 Å². The van der Waals surface area contributed by atoms with E-state index in [1.54, 1.807) is 0 Å². The Balaban J connectivity index is 2.25. The van der Waals surface area contributed by atoms with Gasteiger partial charge in [-0.1, -0.05) is 12.8 Å². The molecule has 0 bridgehead atoms. The van der Waals surface area contributed by atoms with Crippen molar-refractivity contribution in [3.8, 4) is 11.8 Å². The molecule has 0 aromatic carbocycles. The van der Waals surface area contributed by atoms with Crippen molar-refractivity contribution in [1.82, 2.24) is 0 Å². The molecule has 0 aromatic heterocycles. The molecule has 1 fully saturated rings. The standard InChI is InChI=1S/C11H18O3/c1-3-4-5-10(12)6-7-11(2)13-8-9-14-11/h10,12H,3,6-9H2,1-2H3. The second-order valence-electron chi connectivity index (χ2n) is 3.56. The maximum Gasteiger partial charge on any atom is 0.165 e. The maximum atomic E-state index is 9.47. The van der Waals surface area contributed by atoms with Gasteiger partial charge in [-0.15, -0.1) is 5.92 Å². The first-order chi connectivity index (χ1) is 6.66. The Labute approximate surface area is 85.4 Å². The van der Waals surface area contributed by atoms with Crippen molar-refractivity contribution in [2.24, 2.45) is 0 Å². The molecule has 14 heavy (non-hydrogen) atoms. The minimum Gasteiger partial charge on any atom is -0.380 e. The summed E-state index contributed by atoms with van der Waals surface area (Å²) in [4.78, 5) is 0. The minimum absolute atomic E-state index is 0.505. The third-order valence-electron chi connectivity index (χ3n) is 2.22. The fourth-order valence-electron chi connectivity index (χ4n) is 1.39. The first kappa shape index (κ1) is 11.5. The number of hydrogen-bond donors (Lipinski definition) is 1. The van der Waals surface area contributed by atoms with Crippen molar-refractivity contribution < 1.29 is 14.6 Å². The van der Waals surface area contributed by atoms with Gasteiger partial charge in [0.05, 0.1) is 13.2 Å². The Hall–Kier alpha value is -0.560. The van der Waals surface area contributed by atoms with Crippen LogP contribution in [-0.4, -0.2) is 30.2 Å². The summed E-state index contributed by atoms with van der Waals surface area (Å²) in [6, 6.07) is 0. The molecule has 1 aliphatic heterocycles. The van der Waals surface area contributed by atoms with Crippen molar-refractivity contribution in [3.63, 3.8) is 0 Å². The molecule has 0 aliphatic carbocycles. The minimum atomic E-state index is -0.556. The zero-order chi connectivity index (χ0) is 10.4. The average molecular weight is 198 g/mol. The number of hydrogen-bond acceptors (Lipinski definition) is 3. The van der Waals surface area contributed by atoms with Gasteiger partial charge in [-0.05, 0) is 13.3 Å². The van der Waals surface area contributed by atoms with Crippen molar-refractivity contribution in [2.45, 2.75) is 45.0 Å². The lowest BCUT2D eigenvalue weighted by Crippen LogP contribution is -2.26. The topological polar surface area (TPSA) is 38.7 Å². The molecular weight excluding hydrogens is 180 g/mol. The van der Waals surface area contributed by atoms with Crippen LogP contribution in [0.15, 0.2) is 0 Å². The molecule has 3 nitrogen and oxygen atoms in total. The molecule has 1 saturated heterocycles. The predicted molar refractivity (Wildman–Crippen MR) is 53.6 cm³/mol. The Morgan fingerprint density at radius 2 is 2.07 bits per heavy atom. The van der Waals surface area contributed by atoms with Crippen molar-refractivity contribution >= 4 is 0 Å². The quantitative estimate of drug-likeness (QED) is 0.695. The molecule has 1 heterocycles. The molecular formula is C11H18O3. The molecule has 1 unspecified atom stereocenters. The fraction of sp³-hybridized carbons (Fsp3) is 0.818. The zero-order valence-electron chi connectivity index (χ0n) is 8.88. The van der Waals surface area contributed by atoms with Crippen molar-refractivity contribution in [1.29, 1.82) is 0 Å². The van der Waals surface area contributed by atoms with E-state index in [4.69, 9.17) is 9.47 Å². The third kappa shape index (κ3) is 3.67. The molecule has 0 spiro atoms. The summed E-state index contributed by atoms with van der Waals surface area (Å²) in [6.45, 7) is 5.16.